The summed E-state index contributed by atoms with van der Waals surface area (Å²) in [5, 5.41) is 11.5. The number of benzene rings is 1. The number of amides is 1. The van der Waals surface area contributed by atoms with Crippen molar-refractivity contribution in [2.24, 2.45) is 5.92 Å². The van der Waals surface area contributed by atoms with Crippen LogP contribution in [0, 0.1) is 5.92 Å². The van der Waals surface area contributed by atoms with Crippen LogP contribution in [0.3, 0.4) is 0 Å². The molecule has 6 nitrogen and oxygen atoms in total. The Morgan fingerprint density at radius 1 is 1.26 bits per heavy atom. The molecule has 1 aromatic rings. The zero-order valence-corrected chi connectivity index (χ0v) is 13.7. The van der Waals surface area contributed by atoms with E-state index in [2.05, 4.69) is 5.32 Å². The standard InChI is InChI=1S/C17H23NO5/c1-11(2)16(17(21)22)18-15(20)8-5-9-23-14-7-4-6-13(10-14)12(3)19/h4,6-7,10-11,16H,5,8-9H2,1-3H3,(H,18,20)(H,21,22). The third-order valence-corrected chi connectivity index (χ3v) is 3.31. The Labute approximate surface area is 135 Å². The average Bonchev–Trinajstić information content (AvgIpc) is 2.48. The van der Waals surface area contributed by atoms with E-state index in [1.54, 1.807) is 38.1 Å². The Kier molecular flexibility index (Phi) is 7.25. The molecule has 0 fully saturated rings. The highest BCUT2D eigenvalue weighted by molar-refractivity contribution is 5.94. The van der Waals surface area contributed by atoms with Gasteiger partial charge in [-0.15, -0.1) is 0 Å². The summed E-state index contributed by atoms with van der Waals surface area (Å²) < 4.78 is 5.50. The molecule has 0 aliphatic carbocycles. The molecular weight excluding hydrogens is 298 g/mol. The molecule has 0 spiro atoms. The number of hydrogen-bond donors (Lipinski definition) is 2. The van der Waals surface area contributed by atoms with Crippen molar-refractivity contribution in [1.82, 2.24) is 5.32 Å². The molecule has 1 unspecified atom stereocenters. The van der Waals surface area contributed by atoms with Crippen LogP contribution in [-0.4, -0.2) is 35.4 Å². The lowest BCUT2D eigenvalue weighted by Crippen LogP contribution is -2.44. The van der Waals surface area contributed by atoms with Crippen LogP contribution in [0.2, 0.25) is 0 Å². The van der Waals surface area contributed by atoms with Crippen molar-refractivity contribution in [1.29, 1.82) is 0 Å². The van der Waals surface area contributed by atoms with Gasteiger partial charge in [0.15, 0.2) is 5.78 Å². The summed E-state index contributed by atoms with van der Waals surface area (Å²) in [6.45, 7) is 5.28. The fourth-order valence-corrected chi connectivity index (χ4v) is 1.99. The van der Waals surface area contributed by atoms with Crippen molar-refractivity contribution in [2.45, 2.75) is 39.7 Å². The number of carbonyl (C=O) groups excluding carboxylic acids is 2. The molecule has 0 saturated carbocycles. The molecular formula is C17H23NO5. The van der Waals surface area contributed by atoms with Crippen molar-refractivity contribution in [3.05, 3.63) is 29.8 Å². The van der Waals surface area contributed by atoms with Crippen molar-refractivity contribution >= 4 is 17.7 Å². The van der Waals surface area contributed by atoms with Crippen LogP contribution in [0.15, 0.2) is 24.3 Å². The minimum absolute atomic E-state index is 0.0387. The fourth-order valence-electron chi connectivity index (χ4n) is 1.99. The third-order valence-electron chi connectivity index (χ3n) is 3.31. The highest BCUT2D eigenvalue weighted by Gasteiger charge is 2.22. The molecule has 1 rings (SSSR count). The van der Waals surface area contributed by atoms with E-state index in [-0.39, 0.29) is 24.0 Å². The maximum absolute atomic E-state index is 11.7. The number of carboxylic acid groups (broad SMARTS) is 1. The van der Waals surface area contributed by atoms with Crippen LogP contribution in [0.5, 0.6) is 5.75 Å². The molecule has 2 N–H and O–H groups in total. The number of carbonyl (C=O) groups is 3. The molecule has 1 atom stereocenters. The molecule has 0 saturated heterocycles. The maximum atomic E-state index is 11.7. The summed E-state index contributed by atoms with van der Waals surface area (Å²) >= 11 is 0. The fraction of sp³-hybridized carbons (Fsp3) is 0.471. The van der Waals surface area contributed by atoms with E-state index in [0.717, 1.165) is 0 Å². The van der Waals surface area contributed by atoms with Gasteiger partial charge < -0.3 is 15.2 Å². The Morgan fingerprint density at radius 3 is 2.52 bits per heavy atom. The number of ether oxygens (including phenoxy) is 1. The number of carboxylic acids is 1. The van der Waals surface area contributed by atoms with E-state index >= 15 is 0 Å². The van der Waals surface area contributed by atoms with Gasteiger partial charge in [-0.1, -0.05) is 26.0 Å². The highest BCUT2D eigenvalue weighted by Crippen LogP contribution is 2.14. The zero-order chi connectivity index (χ0) is 17.4. The molecule has 0 aliphatic heterocycles. The van der Waals surface area contributed by atoms with Gasteiger partial charge in [-0.05, 0) is 31.4 Å². The smallest absolute Gasteiger partial charge is 0.326 e. The van der Waals surface area contributed by atoms with Gasteiger partial charge in [-0.25, -0.2) is 4.79 Å². The predicted octanol–water partition coefficient (Wildman–Crippen LogP) is 2.27. The monoisotopic (exact) mass is 321 g/mol. The third kappa shape index (κ3) is 6.50. The van der Waals surface area contributed by atoms with E-state index < -0.39 is 12.0 Å². The molecule has 0 bridgehead atoms. The van der Waals surface area contributed by atoms with Gasteiger partial charge in [0.05, 0.1) is 6.61 Å². The quantitative estimate of drug-likeness (QED) is 0.537. The molecule has 0 aromatic heterocycles. The predicted molar refractivity (Wildman–Crippen MR) is 85.6 cm³/mol. The second-order valence-corrected chi connectivity index (χ2v) is 5.66. The SMILES string of the molecule is CC(=O)c1cccc(OCCCC(=O)NC(C(=O)O)C(C)C)c1. The molecule has 126 valence electrons. The van der Waals surface area contributed by atoms with Gasteiger partial charge in [-0.2, -0.15) is 0 Å². The Hall–Kier alpha value is -2.37. The topological polar surface area (TPSA) is 92.7 Å². The van der Waals surface area contributed by atoms with Crippen molar-refractivity contribution in [3.63, 3.8) is 0 Å². The van der Waals surface area contributed by atoms with Gasteiger partial charge in [0, 0.05) is 12.0 Å². The molecule has 0 radical (unpaired) electrons. The number of aliphatic carboxylic acids is 1. The second kappa shape index (κ2) is 8.92. The largest absolute Gasteiger partial charge is 0.494 e. The summed E-state index contributed by atoms with van der Waals surface area (Å²) in [6, 6.07) is 5.96. The van der Waals surface area contributed by atoms with Crippen LogP contribution < -0.4 is 10.1 Å². The Morgan fingerprint density at radius 2 is 1.96 bits per heavy atom. The summed E-state index contributed by atoms with van der Waals surface area (Å²) in [6.07, 6.45) is 0.642. The summed E-state index contributed by atoms with van der Waals surface area (Å²) in [5.74, 6) is -0.994. The Bertz CT molecular complexity index is 568. The Balaban J connectivity index is 2.37. The molecule has 23 heavy (non-hydrogen) atoms. The van der Waals surface area contributed by atoms with Gasteiger partial charge >= 0.3 is 5.97 Å². The number of nitrogens with one attached hydrogen (secondary N) is 1. The van der Waals surface area contributed by atoms with Gasteiger partial charge in [0.2, 0.25) is 5.91 Å². The highest BCUT2D eigenvalue weighted by atomic mass is 16.5. The van der Waals surface area contributed by atoms with Crippen molar-refractivity contribution in [3.8, 4) is 5.75 Å². The van der Waals surface area contributed by atoms with E-state index in [9.17, 15) is 14.4 Å². The van der Waals surface area contributed by atoms with E-state index in [1.165, 1.54) is 6.92 Å². The van der Waals surface area contributed by atoms with E-state index in [4.69, 9.17) is 9.84 Å². The van der Waals surface area contributed by atoms with Gasteiger partial charge in [0.25, 0.3) is 0 Å². The lowest BCUT2D eigenvalue weighted by molar-refractivity contribution is -0.143. The second-order valence-electron chi connectivity index (χ2n) is 5.66. The maximum Gasteiger partial charge on any atom is 0.326 e. The first-order valence-corrected chi connectivity index (χ1v) is 7.57. The van der Waals surface area contributed by atoms with Gasteiger partial charge in [0.1, 0.15) is 11.8 Å². The van der Waals surface area contributed by atoms with Crippen LogP contribution in [0.4, 0.5) is 0 Å². The number of rotatable bonds is 9. The van der Waals surface area contributed by atoms with E-state index in [1.807, 2.05) is 0 Å². The number of Topliss-reactive ketones (excluding diaryl/α,β-unsaturated/α-hetero) is 1. The lowest BCUT2D eigenvalue weighted by atomic mass is 10.0. The minimum Gasteiger partial charge on any atom is -0.494 e. The molecule has 1 aromatic carbocycles. The summed E-state index contributed by atoms with van der Waals surface area (Å²) in [4.78, 5) is 34.0. The molecule has 0 aliphatic rings. The first-order valence-electron chi connectivity index (χ1n) is 7.57. The van der Waals surface area contributed by atoms with Crippen LogP contribution in [-0.2, 0) is 9.59 Å². The average molecular weight is 321 g/mol. The molecule has 0 heterocycles. The van der Waals surface area contributed by atoms with Crippen LogP contribution >= 0.6 is 0 Å². The molecule has 6 heteroatoms. The number of hydrogen-bond acceptors (Lipinski definition) is 4. The van der Waals surface area contributed by atoms with Crippen LogP contribution in [0.1, 0.15) is 44.0 Å². The normalized spacial score (nSPS) is 11.8. The van der Waals surface area contributed by atoms with Gasteiger partial charge in [-0.3, -0.25) is 9.59 Å². The van der Waals surface area contributed by atoms with Crippen molar-refractivity contribution in [2.75, 3.05) is 6.61 Å². The summed E-state index contributed by atoms with van der Waals surface area (Å²) in [7, 11) is 0. The van der Waals surface area contributed by atoms with E-state index in [0.29, 0.717) is 24.3 Å². The lowest BCUT2D eigenvalue weighted by Gasteiger charge is -2.17. The number of ketones is 1. The minimum atomic E-state index is -1.04. The summed E-state index contributed by atoms with van der Waals surface area (Å²) in [5.41, 5.74) is 0.571. The van der Waals surface area contributed by atoms with Crippen molar-refractivity contribution < 1.29 is 24.2 Å². The zero-order valence-electron chi connectivity index (χ0n) is 13.7. The van der Waals surface area contributed by atoms with Crippen LogP contribution in [0.25, 0.3) is 0 Å². The first kappa shape index (κ1) is 18.7. The molecule has 1 amide bonds. The first-order chi connectivity index (χ1) is 10.8.